The van der Waals surface area contributed by atoms with Crippen molar-refractivity contribution in [1.82, 2.24) is 20.6 Å². The minimum atomic E-state index is -0.943. The number of halogens is 1. The summed E-state index contributed by atoms with van der Waals surface area (Å²) in [6, 6.07) is 31.7. The summed E-state index contributed by atoms with van der Waals surface area (Å²) >= 11 is 6.31. The molecule has 46 heavy (non-hydrogen) atoms. The van der Waals surface area contributed by atoms with Gasteiger partial charge in [0, 0.05) is 18.2 Å². The van der Waals surface area contributed by atoms with Crippen LogP contribution in [0.1, 0.15) is 40.9 Å². The number of H-pyrrole nitrogens is 1. The number of aromatic nitrogens is 2. The molecule has 9 nitrogen and oxygen atoms in total. The van der Waals surface area contributed by atoms with E-state index in [1.165, 1.54) is 7.11 Å². The van der Waals surface area contributed by atoms with Gasteiger partial charge in [-0.2, -0.15) is 0 Å². The third kappa shape index (κ3) is 7.23. The lowest BCUT2D eigenvalue weighted by Crippen LogP contribution is -2.48. The molecule has 2 amide bonds. The highest BCUT2D eigenvalue weighted by atomic mass is 35.5. The number of aryl methyl sites for hydroxylation is 1. The molecule has 0 unspecified atom stereocenters. The topological polar surface area (TPSA) is 117 Å². The van der Waals surface area contributed by atoms with Crippen LogP contribution in [0.25, 0.3) is 11.0 Å². The van der Waals surface area contributed by atoms with Gasteiger partial charge in [0.05, 0.1) is 36.4 Å². The van der Waals surface area contributed by atoms with E-state index in [0.29, 0.717) is 30.3 Å². The largest absolute Gasteiger partial charge is 0.453 e. The molecule has 2 heterocycles. The van der Waals surface area contributed by atoms with Crippen LogP contribution < -0.4 is 16.0 Å². The number of para-hydroxylation sites is 2. The number of carbonyl (C=O) groups is 2. The number of hydrogen-bond donors (Lipinski definition) is 4. The van der Waals surface area contributed by atoms with E-state index in [9.17, 15) is 9.59 Å². The molecular weight excluding hydrogens is 602 g/mol. The van der Waals surface area contributed by atoms with Crippen LogP contribution in [0.5, 0.6) is 0 Å². The number of carbonyl (C=O) groups excluding carboxylic acids is 2. The number of imidazole rings is 1. The summed E-state index contributed by atoms with van der Waals surface area (Å²) in [6.07, 6.45) is 0.737. The zero-order valence-electron chi connectivity index (χ0n) is 25.4. The van der Waals surface area contributed by atoms with Gasteiger partial charge in [-0.15, -0.1) is 0 Å². The molecule has 4 N–H and O–H groups in total. The molecule has 1 aromatic heterocycles. The van der Waals surface area contributed by atoms with Gasteiger partial charge in [0.15, 0.2) is 0 Å². The fourth-order valence-electron chi connectivity index (χ4n) is 5.94. The van der Waals surface area contributed by atoms with E-state index in [-0.39, 0.29) is 18.1 Å². The minimum Gasteiger partial charge on any atom is -0.453 e. The SMILES string of the molecule is COC(=O)N[C@H](C(=O)Nc1ccccc1CC[C@@H]1CN[C@H](c2nc3c(Cl)cccc3[nH]2)CO1)C(c1ccccc1)c1ccccc1. The van der Waals surface area contributed by atoms with E-state index >= 15 is 0 Å². The first-order valence-electron chi connectivity index (χ1n) is 15.3. The molecule has 0 aliphatic carbocycles. The van der Waals surface area contributed by atoms with Gasteiger partial charge in [-0.25, -0.2) is 9.78 Å². The van der Waals surface area contributed by atoms with Crippen LogP contribution in [0.3, 0.4) is 0 Å². The zero-order chi connectivity index (χ0) is 31.9. The van der Waals surface area contributed by atoms with Crippen LogP contribution >= 0.6 is 11.6 Å². The average Bonchev–Trinajstić information content (AvgIpc) is 3.54. The van der Waals surface area contributed by atoms with Crippen LogP contribution in [-0.4, -0.2) is 54.4 Å². The second-order valence-corrected chi connectivity index (χ2v) is 11.7. The van der Waals surface area contributed by atoms with Crippen molar-refractivity contribution in [2.45, 2.75) is 36.9 Å². The fourth-order valence-corrected chi connectivity index (χ4v) is 6.15. The van der Waals surface area contributed by atoms with E-state index in [1.807, 2.05) is 103 Å². The number of methoxy groups -OCH3 is 1. The molecule has 3 atom stereocenters. The van der Waals surface area contributed by atoms with Crippen molar-refractivity contribution < 1.29 is 19.1 Å². The number of nitrogens with zero attached hydrogens (tertiary/aromatic N) is 1. The average molecular weight is 638 g/mol. The molecule has 5 aromatic rings. The number of alkyl carbamates (subject to hydrolysis) is 1. The smallest absolute Gasteiger partial charge is 0.407 e. The highest BCUT2D eigenvalue weighted by Crippen LogP contribution is 2.30. The van der Waals surface area contributed by atoms with Crippen LogP contribution in [-0.2, 0) is 20.7 Å². The Labute approximate surface area is 272 Å². The molecule has 0 saturated carbocycles. The van der Waals surface area contributed by atoms with Gasteiger partial charge < -0.3 is 30.4 Å². The summed E-state index contributed by atoms with van der Waals surface area (Å²) < 4.78 is 11.2. The van der Waals surface area contributed by atoms with Crippen LogP contribution in [0.15, 0.2) is 103 Å². The maximum absolute atomic E-state index is 14.0. The van der Waals surface area contributed by atoms with Crippen molar-refractivity contribution in [1.29, 1.82) is 0 Å². The lowest BCUT2D eigenvalue weighted by Gasteiger charge is -2.30. The standard InChI is InChI=1S/C36H36ClN5O4/c1-45-36(44)42-33(31(24-12-4-2-5-13-24)25-14-6-3-7-15-25)35(43)40-28-17-9-8-11-23(28)19-20-26-21-38-30(22-46-26)34-39-29-18-10-16-27(37)32(29)41-34/h2-18,26,30-31,33,38H,19-22H2,1H3,(H,39,41)(H,40,43)(H,42,44)/t26-,30+,33+/m1/s1. The van der Waals surface area contributed by atoms with E-state index in [0.717, 1.165) is 40.0 Å². The van der Waals surface area contributed by atoms with Gasteiger partial charge in [0.1, 0.15) is 17.4 Å². The quantitative estimate of drug-likeness (QED) is 0.141. The Morgan fingerprint density at radius 2 is 1.65 bits per heavy atom. The molecule has 6 rings (SSSR count). The number of ether oxygens (including phenoxy) is 2. The maximum atomic E-state index is 14.0. The first kappa shape index (κ1) is 31.3. The summed E-state index contributed by atoms with van der Waals surface area (Å²) in [4.78, 5) is 34.6. The maximum Gasteiger partial charge on any atom is 0.407 e. The lowest BCUT2D eigenvalue weighted by molar-refractivity contribution is -0.118. The van der Waals surface area contributed by atoms with E-state index in [2.05, 4.69) is 25.9 Å². The van der Waals surface area contributed by atoms with Crippen LogP contribution in [0.4, 0.5) is 10.5 Å². The summed E-state index contributed by atoms with van der Waals surface area (Å²) in [5, 5.41) is 10.1. The van der Waals surface area contributed by atoms with Crippen molar-refractivity contribution >= 4 is 40.3 Å². The number of nitrogens with one attached hydrogen (secondary N) is 4. The molecule has 1 fully saturated rings. The Morgan fingerprint density at radius 1 is 0.957 bits per heavy atom. The lowest BCUT2D eigenvalue weighted by atomic mass is 9.84. The first-order chi connectivity index (χ1) is 22.5. The number of anilines is 1. The third-order valence-corrected chi connectivity index (χ3v) is 8.61. The van der Waals surface area contributed by atoms with E-state index in [1.54, 1.807) is 0 Å². The van der Waals surface area contributed by atoms with Crippen LogP contribution in [0, 0.1) is 0 Å². The number of hydrogen-bond acceptors (Lipinski definition) is 6. The van der Waals surface area contributed by atoms with E-state index in [4.69, 9.17) is 21.1 Å². The van der Waals surface area contributed by atoms with Crippen molar-refractivity contribution in [3.05, 3.63) is 131 Å². The van der Waals surface area contributed by atoms with Crippen LogP contribution in [0.2, 0.25) is 5.02 Å². The molecule has 236 valence electrons. The van der Waals surface area contributed by atoms with Gasteiger partial charge in [-0.1, -0.05) is 96.5 Å². The van der Waals surface area contributed by atoms with Gasteiger partial charge in [0.25, 0.3) is 0 Å². The first-order valence-corrected chi connectivity index (χ1v) is 15.7. The Bertz CT molecular complexity index is 1730. The molecule has 1 aliphatic heterocycles. The van der Waals surface area contributed by atoms with Gasteiger partial charge in [-0.3, -0.25) is 4.79 Å². The predicted octanol–water partition coefficient (Wildman–Crippen LogP) is 6.37. The van der Waals surface area contributed by atoms with Crippen molar-refractivity contribution in [2.24, 2.45) is 0 Å². The number of aromatic amines is 1. The number of morpholine rings is 1. The summed E-state index contributed by atoms with van der Waals surface area (Å²) in [5.74, 6) is 0.0000519. The second kappa shape index (κ2) is 14.6. The predicted molar refractivity (Wildman–Crippen MR) is 179 cm³/mol. The number of benzene rings is 4. The zero-order valence-corrected chi connectivity index (χ0v) is 26.2. The number of fused-ring (bicyclic) bond motifs is 1. The number of rotatable bonds is 10. The van der Waals surface area contributed by atoms with Gasteiger partial charge in [-0.05, 0) is 47.7 Å². The highest BCUT2D eigenvalue weighted by Gasteiger charge is 2.33. The molecular formula is C36H36ClN5O4. The molecule has 1 saturated heterocycles. The highest BCUT2D eigenvalue weighted by molar-refractivity contribution is 6.34. The monoisotopic (exact) mass is 637 g/mol. The second-order valence-electron chi connectivity index (χ2n) is 11.3. The Kier molecular flexibility index (Phi) is 9.93. The fraction of sp³-hybridized carbons (Fsp3) is 0.250. The molecule has 4 aromatic carbocycles. The molecule has 10 heteroatoms. The Morgan fingerprint density at radius 3 is 2.30 bits per heavy atom. The summed E-state index contributed by atoms with van der Waals surface area (Å²) in [6.45, 7) is 1.13. The molecule has 0 spiro atoms. The summed E-state index contributed by atoms with van der Waals surface area (Å²) in [5.41, 5.74) is 5.10. The molecule has 0 radical (unpaired) electrons. The molecule has 0 bridgehead atoms. The molecule has 1 aliphatic rings. The van der Waals surface area contributed by atoms with Crippen molar-refractivity contribution in [3.63, 3.8) is 0 Å². The van der Waals surface area contributed by atoms with Crippen molar-refractivity contribution in [2.75, 3.05) is 25.6 Å². The van der Waals surface area contributed by atoms with Gasteiger partial charge >= 0.3 is 6.09 Å². The normalized spacial score (nSPS) is 17.0. The van der Waals surface area contributed by atoms with E-state index < -0.39 is 18.1 Å². The van der Waals surface area contributed by atoms with Gasteiger partial charge in [0.2, 0.25) is 5.91 Å². The summed E-state index contributed by atoms with van der Waals surface area (Å²) in [7, 11) is 1.29. The Hall–Kier alpha value is -4.70. The third-order valence-electron chi connectivity index (χ3n) is 8.31. The Balaban J connectivity index is 1.14. The van der Waals surface area contributed by atoms with Crippen molar-refractivity contribution in [3.8, 4) is 0 Å². The minimum absolute atomic E-state index is 0.0118. The number of amides is 2.